The molecule has 0 unspecified atom stereocenters. The molecule has 0 radical (unpaired) electrons. The maximum absolute atomic E-state index is 4.75. The largest absolute Gasteiger partial charge is 0.353 e. The van der Waals surface area contributed by atoms with Crippen molar-refractivity contribution >= 4 is 48.8 Å². The third-order valence-electron chi connectivity index (χ3n) is 3.23. The lowest BCUT2D eigenvalue weighted by atomic mass is 10.2. The molecule has 2 nitrogen and oxygen atoms in total. The van der Waals surface area contributed by atoms with E-state index in [-0.39, 0.29) is 0 Å². The smallest absolute Gasteiger partial charge is 0.0965 e. The van der Waals surface area contributed by atoms with Crippen molar-refractivity contribution in [1.29, 1.82) is 0 Å². The van der Waals surface area contributed by atoms with Crippen molar-refractivity contribution in [2.75, 3.05) is 0 Å². The van der Waals surface area contributed by atoms with E-state index in [0.717, 1.165) is 37.3 Å². The number of H-pyrrole nitrogens is 1. The highest BCUT2D eigenvalue weighted by Gasteiger charge is 2.07. The van der Waals surface area contributed by atoms with Crippen molar-refractivity contribution in [1.82, 2.24) is 9.97 Å². The first-order valence-electron chi connectivity index (χ1n) is 5.78. The molecule has 18 heavy (non-hydrogen) atoms. The normalized spacial score (nSPS) is 11.6. The molecule has 0 aliphatic carbocycles. The summed E-state index contributed by atoms with van der Waals surface area (Å²) in [6.07, 6.45) is 0. The standard InChI is InChI=1S/C15H9BrN2/c16-10-5-6-13-11(8-10)15-14(17-13)7-9-3-1-2-4-12(9)18-15/h1-8,17H. The summed E-state index contributed by atoms with van der Waals surface area (Å²) in [5.41, 5.74) is 4.27. The van der Waals surface area contributed by atoms with E-state index in [9.17, 15) is 0 Å². The molecule has 0 spiro atoms. The first-order chi connectivity index (χ1) is 8.81. The quantitative estimate of drug-likeness (QED) is 0.503. The third kappa shape index (κ3) is 1.37. The van der Waals surface area contributed by atoms with Gasteiger partial charge in [0.05, 0.1) is 16.6 Å². The van der Waals surface area contributed by atoms with Gasteiger partial charge in [0.1, 0.15) is 0 Å². The summed E-state index contributed by atoms with van der Waals surface area (Å²) < 4.78 is 1.07. The molecule has 0 amide bonds. The zero-order valence-electron chi connectivity index (χ0n) is 9.44. The predicted molar refractivity (Wildman–Crippen MR) is 78.8 cm³/mol. The second kappa shape index (κ2) is 3.56. The number of rotatable bonds is 0. The molecule has 4 aromatic rings. The third-order valence-corrected chi connectivity index (χ3v) is 3.72. The Morgan fingerprint density at radius 2 is 1.83 bits per heavy atom. The van der Waals surface area contributed by atoms with Gasteiger partial charge in [0.2, 0.25) is 0 Å². The van der Waals surface area contributed by atoms with E-state index in [4.69, 9.17) is 4.98 Å². The predicted octanol–water partition coefficient (Wildman–Crippen LogP) is 4.63. The first-order valence-corrected chi connectivity index (χ1v) is 6.57. The van der Waals surface area contributed by atoms with Crippen LogP contribution in [0, 0.1) is 0 Å². The SMILES string of the molecule is Brc1ccc2[nH]c3cc4ccccc4nc3c2c1. The molecule has 0 aliphatic heterocycles. The summed E-state index contributed by atoms with van der Waals surface area (Å²) in [5, 5.41) is 2.32. The molecule has 0 aliphatic rings. The molecule has 4 rings (SSSR count). The molecule has 2 heterocycles. The maximum Gasteiger partial charge on any atom is 0.0965 e. The van der Waals surface area contributed by atoms with Crippen molar-refractivity contribution in [3.05, 3.63) is 53.0 Å². The summed E-state index contributed by atoms with van der Waals surface area (Å²) in [6.45, 7) is 0. The van der Waals surface area contributed by atoms with Gasteiger partial charge in [-0.1, -0.05) is 34.1 Å². The lowest BCUT2D eigenvalue weighted by Gasteiger charge is -1.97. The topological polar surface area (TPSA) is 28.7 Å². The van der Waals surface area contributed by atoms with Crippen LogP contribution in [0.2, 0.25) is 0 Å². The van der Waals surface area contributed by atoms with E-state index in [1.54, 1.807) is 0 Å². The van der Waals surface area contributed by atoms with Gasteiger partial charge in [0.15, 0.2) is 0 Å². The number of halogens is 1. The van der Waals surface area contributed by atoms with Crippen LogP contribution in [0.15, 0.2) is 53.0 Å². The zero-order chi connectivity index (χ0) is 12.1. The minimum Gasteiger partial charge on any atom is -0.353 e. The Kier molecular flexibility index (Phi) is 2.00. The molecule has 2 aromatic carbocycles. The molecular weight excluding hydrogens is 288 g/mol. The number of pyridine rings is 1. The van der Waals surface area contributed by atoms with E-state index in [2.05, 4.69) is 45.2 Å². The van der Waals surface area contributed by atoms with Gasteiger partial charge < -0.3 is 4.98 Å². The maximum atomic E-state index is 4.75. The summed E-state index contributed by atoms with van der Waals surface area (Å²) in [5.74, 6) is 0. The second-order valence-electron chi connectivity index (χ2n) is 4.39. The minimum absolute atomic E-state index is 1.03. The number of fused-ring (bicyclic) bond motifs is 4. The molecule has 1 N–H and O–H groups in total. The number of nitrogens with zero attached hydrogens (tertiary/aromatic N) is 1. The number of benzene rings is 2. The number of nitrogens with one attached hydrogen (secondary N) is 1. The molecule has 0 atom stereocenters. The minimum atomic E-state index is 1.03. The van der Waals surface area contributed by atoms with Crippen LogP contribution in [0.25, 0.3) is 32.8 Å². The van der Waals surface area contributed by atoms with Gasteiger partial charge in [-0.25, -0.2) is 4.98 Å². The monoisotopic (exact) mass is 296 g/mol. The molecule has 0 saturated heterocycles. The molecular formula is C15H9BrN2. The van der Waals surface area contributed by atoms with Gasteiger partial charge in [-0.05, 0) is 30.3 Å². The summed E-state index contributed by atoms with van der Waals surface area (Å²) in [7, 11) is 0. The highest BCUT2D eigenvalue weighted by atomic mass is 79.9. The van der Waals surface area contributed by atoms with Crippen molar-refractivity contribution in [3.8, 4) is 0 Å². The average molecular weight is 297 g/mol. The van der Waals surface area contributed by atoms with Crippen LogP contribution in [0.4, 0.5) is 0 Å². The Bertz CT molecular complexity index is 893. The number of hydrogen-bond donors (Lipinski definition) is 1. The van der Waals surface area contributed by atoms with Gasteiger partial charge in [0, 0.05) is 20.8 Å². The zero-order valence-corrected chi connectivity index (χ0v) is 11.0. The number of aromatic nitrogens is 2. The molecule has 0 bridgehead atoms. The summed E-state index contributed by atoms with van der Waals surface area (Å²) in [6, 6.07) is 16.6. The summed E-state index contributed by atoms with van der Waals surface area (Å²) in [4.78, 5) is 8.17. The second-order valence-corrected chi connectivity index (χ2v) is 5.31. The van der Waals surface area contributed by atoms with Crippen molar-refractivity contribution in [2.45, 2.75) is 0 Å². The average Bonchev–Trinajstić information content (AvgIpc) is 2.73. The number of hydrogen-bond acceptors (Lipinski definition) is 1. The lowest BCUT2D eigenvalue weighted by Crippen LogP contribution is -1.79. The Hall–Kier alpha value is -1.87. The van der Waals surface area contributed by atoms with Crippen LogP contribution in [0.5, 0.6) is 0 Å². The van der Waals surface area contributed by atoms with Crippen LogP contribution in [-0.2, 0) is 0 Å². The highest BCUT2D eigenvalue weighted by Crippen LogP contribution is 2.28. The van der Waals surface area contributed by atoms with Gasteiger partial charge in [-0.15, -0.1) is 0 Å². The van der Waals surface area contributed by atoms with Crippen LogP contribution < -0.4 is 0 Å². The lowest BCUT2D eigenvalue weighted by molar-refractivity contribution is 1.49. The van der Waals surface area contributed by atoms with Crippen molar-refractivity contribution in [3.63, 3.8) is 0 Å². The molecule has 0 fully saturated rings. The Balaban J connectivity index is 2.25. The van der Waals surface area contributed by atoms with Gasteiger partial charge in [0.25, 0.3) is 0 Å². The van der Waals surface area contributed by atoms with E-state index >= 15 is 0 Å². The molecule has 0 saturated carbocycles. The van der Waals surface area contributed by atoms with Crippen molar-refractivity contribution in [2.24, 2.45) is 0 Å². The fourth-order valence-corrected chi connectivity index (χ4v) is 2.74. The van der Waals surface area contributed by atoms with Crippen LogP contribution in [0.3, 0.4) is 0 Å². The number of aromatic amines is 1. The van der Waals surface area contributed by atoms with Gasteiger partial charge in [-0.3, -0.25) is 0 Å². The van der Waals surface area contributed by atoms with E-state index in [1.807, 2.05) is 24.3 Å². The van der Waals surface area contributed by atoms with E-state index in [0.29, 0.717) is 0 Å². The van der Waals surface area contributed by atoms with Crippen LogP contribution in [0.1, 0.15) is 0 Å². The Labute approximate surface area is 112 Å². The first kappa shape index (κ1) is 10.1. The van der Waals surface area contributed by atoms with Gasteiger partial charge >= 0.3 is 0 Å². The Morgan fingerprint density at radius 3 is 2.78 bits per heavy atom. The summed E-state index contributed by atoms with van der Waals surface area (Å²) >= 11 is 3.51. The van der Waals surface area contributed by atoms with Gasteiger partial charge in [-0.2, -0.15) is 0 Å². The van der Waals surface area contributed by atoms with Crippen molar-refractivity contribution < 1.29 is 0 Å². The van der Waals surface area contributed by atoms with Crippen LogP contribution in [-0.4, -0.2) is 9.97 Å². The number of para-hydroxylation sites is 1. The molecule has 2 aromatic heterocycles. The molecule has 3 heteroatoms. The fourth-order valence-electron chi connectivity index (χ4n) is 2.38. The van der Waals surface area contributed by atoms with Crippen LogP contribution >= 0.6 is 15.9 Å². The fraction of sp³-hybridized carbons (Fsp3) is 0. The Morgan fingerprint density at radius 1 is 0.944 bits per heavy atom. The highest BCUT2D eigenvalue weighted by molar-refractivity contribution is 9.10. The molecule has 86 valence electrons. The van der Waals surface area contributed by atoms with E-state index in [1.165, 1.54) is 0 Å². The van der Waals surface area contributed by atoms with E-state index < -0.39 is 0 Å².